The average molecular weight is 557 g/mol. The molecule has 2 aromatic heterocycles. The van der Waals surface area contributed by atoms with E-state index in [0.29, 0.717) is 34.3 Å². The predicted octanol–water partition coefficient (Wildman–Crippen LogP) is 8.00. The summed E-state index contributed by atoms with van der Waals surface area (Å²) >= 11 is 1.51. The molecule has 1 unspecified atom stereocenters. The van der Waals surface area contributed by atoms with Crippen LogP contribution in [0.25, 0.3) is 22.2 Å². The van der Waals surface area contributed by atoms with Gasteiger partial charge in [0.15, 0.2) is 0 Å². The minimum atomic E-state index is -0.372. The topological polar surface area (TPSA) is 77.5 Å². The molecule has 7 heteroatoms. The van der Waals surface area contributed by atoms with Crippen LogP contribution >= 0.6 is 11.3 Å². The Morgan fingerprint density at radius 3 is 2.58 bits per heavy atom. The number of carbonyl (C=O) groups is 2. The van der Waals surface area contributed by atoms with Crippen molar-refractivity contribution in [2.24, 2.45) is 5.92 Å². The molecule has 0 radical (unpaired) electrons. The summed E-state index contributed by atoms with van der Waals surface area (Å²) in [6.45, 7) is 10.4. The molecule has 1 aliphatic rings. The number of aromatic nitrogens is 1. The Morgan fingerprint density at radius 1 is 1.10 bits per heavy atom. The first-order valence-corrected chi connectivity index (χ1v) is 14.9. The van der Waals surface area contributed by atoms with E-state index in [9.17, 15) is 9.59 Å². The number of pyridine rings is 1. The van der Waals surface area contributed by atoms with E-state index in [2.05, 4.69) is 12.2 Å². The molecule has 0 bridgehead atoms. The molecule has 0 saturated heterocycles. The smallest absolute Gasteiger partial charge is 0.341 e. The number of amides is 1. The van der Waals surface area contributed by atoms with Gasteiger partial charge in [0.05, 0.1) is 35.0 Å². The SMILES string of the molecule is CCOc1ccc(-c2cc(C(=O)Nc3sc4c(c3C(=O)OC(C)C)CCC(CC)C4)c3cc(C)ccc3n2)cc1. The number of esters is 1. The zero-order chi connectivity index (χ0) is 28.4. The molecule has 0 spiro atoms. The molecule has 2 heterocycles. The van der Waals surface area contributed by atoms with Gasteiger partial charge in [-0.2, -0.15) is 0 Å². The molecule has 1 aliphatic carbocycles. The molecule has 1 N–H and O–H groups in total. The number of hydrogen-bond acceptors (Lipinski definition) is 6. The van der Waals surface area contributed by atoms with E-state index < -0.39 is 0 Å². The van der Waals surface area contributed by atoms with Gasteiger partial charge in [-0.3, -0.25) is 4.79 Å². The summed E-state index contributed by atoms with van der Waals surface area (Å²) in [5, 5.41) is 4.45. The molecule has 0 saturated carbocycles. The second-order valence-electron chi connectivity index (χ2n) is 10.7. The lowest BCUT2D eigenvalue weighted by Crippen LogP contribution is -2.19. The third-order valence-electron chi connectivity index (χ3n) is 7.39. The number of thiophene rings is 1. The Hall–Kier alpha value is -3.71. The largest absolute Gasteiger partial charge is 0.494 e. The van der Waals surface area contributed by atoms with Crippen molar-refractivity contribution in [1.29, 1.82) is 0 Å². The molecule has 208 valence electrons. The van der Waals surface area contributed by atoms with Crippen molar-refractivity contribution < 1.29 is 19.1 Å². The van der Waals surface area contributed by atoms with Crippen molar-refractivity contribution in [1.82, 2.24) is 4.98 Å². The fourth-order valence-electron chi connectivity index (χ4n) is 5.31. The highest BCUT2D eigenvalue weighted by atomic mass is 32.1. The normalized spacial score (nSPS) is 14.7. The average Bonchev–Trinajstić information content (AvgIpc) is 3.29. The van der Waals surface area contributed by atoms with E-state index in [1.165, 1.54) is 16.2 Å². The maximum atomic E-state index is 14.0. The fraction of sp³-hybridized carbons (Fsp3) is 0.364. The highest BCUT2D eigenvalue weighted by Gasteiger charge is 2.31. The molecule has 1 atom stereocenters. The number of anilines is 1. The van der Waals surface area contributed by atoms with Crippen molar-refractivity contribution in [2.75, 3.05) is 11.9 Å². The summed E-state index contributed by atoms with van der Waals surface area (Å²) in [4.78, 5) is 33.3. The molecule has 6 nitrogen and oxygen atoms in total. The molecule has 40 heavy (non-hydrogen) atoms. The Morgan fingerprint density at radius 2 is 1.88 bits per heavy atom. The highest BCUT2D eigenvalue weighted by molar-refractivity contribution is 7.17. The lowest BCUT2D eigenvalue weighted by molar-refractivity contribution is 0.0378. The summed E-state index contributed by atoms with van der Waals surface area (Å²) in [5.41, 5.74) is 5.41. The van der Waals surface area contributed by atoms with Crippen molar-refractivity contribution in [3.8, 4) is 17.0 Å². The zero-order valence-electron chi connectivity index (χ0n) is 23.8. The Balaban J connectivity index is 1.56. The predicted molar refractivity (Wildman–Crippen MR) is 162 cm³/mol. The van der Waals surface area contributed by atoms with Crippen LogP contribution in [0, 0.1) is 12.8 Å². The number of nitrogens with one attached hydrogen (secondary N) is 1. The van der Waals surface area contributed by atoms with E-state index in [4.69, 9.17) is 14.5 Å². The number of fused-ring (bicyclic) bond motifs is 2. The van der Waals surface area contributed by atoms with E-state index in [1.54, 1.807) is 0 Å². The third kappa shape index (κ3) is 5.75. The number of rotatable bonds is 8. The number of benzene rings is 2. The number of ether oxygens (including phenoxy) is 2. The first kappa shape index (κ1) is 27.8. The molecule has 0 fully saturated rings. The van der Waals surface area contributed by atoms with Crippen molar-refractivity contribution in [3.63, 3.8) is 0 Å². The molecule has 5 rings (SSSR count). The lowest BCUT2D eigenvalue weighted by atomic mass is 9.85. The van der Waals surface area contributed by atoms with Crippen LogP contribution in [0.4, 0.5) is 5.00 Å². The molecule has 1 amide bonds. The van der Waals surface area contributed by atoms with Gasteiger partial charge in [0.2, 0.25) is 0 Å². The standard InChI is InChI=1S/C33H36N2O4S/c1-6-21-9-14-24-29(17-21)40-32(30(24)33(37)39-19(3)4)35-31(36)26-18-28(22-10-12-23(13-11-22)38-7-2)34-27-15-8-20(5)16-25(26)27/h8,10-13,15-16,18-19,21H,6-7,9,14,17H2,1-5H3,(H,35,36). The van der Waals surface area contributed by atoms with Crippen LogP contribution in [0.3, 0.4) is 0 Å². The van der Waals surface area contributed by atoms with E-state index in [-0.39, 0.29) is 18.0 Å². The van der Waals surface area contributed by atoms with Crippen molar-refractivity contribution >= 4 is 39.1 Å². The van der Waals surface area contributed by atoms with Gasteiger partial charge >= 0.3 is 5.97 Å². The van der Waals surface area contributed by atoms with Crippen molar-refractivity contribution in [3.05, 3.63) is 75.7 Å². The highest BCUT2D eigenvalue weighted by Crippen LogP contribution is 2.41. The first-order valence-electron chi connectivity index (χ1n) is 14.1. The molecule has 4 aromatic rings. The zero-order valence-corrected chi connectivity index (χ0v) is 24.6. The molecule has 0 aliphatic heterocycles. The molecular weight excluding hydrogens is 520 g/mol. The number of hydrogen-bond donors (Lipinski definition) is 1. The van der Waals surface area contributed by atoms with Crippen LogP contribution in [-0.4, -0.2) is 29.6 Å². The summed E-state index contributed by atoms with van der Waals surface area (Å²) in [5.74, 6) is 0.735. The summed E-state index contributed by atoms with van der Waals surface area (Å²) in [6.07, 6.45) is 3.63. The van der Waals surface area contributed by atoms with Crippen LogP contribution in [0.1, 0.15) is 77.3 Å². The van der Waals surface area contributed by atoms with Gasteiger partial charge in [-0.1, -0.05) is 25.0 Å². The Kier molecular flexibility index (Phi) is 8.22. The number of aryl methyl sites for hydroxylation is 1. The van der Waals surface area contributed by atoms with Crippen LogP contribution in [-0.2, 0) is 17.6 Å². The summed E-state index contributed by atoms with van der Waals surface area (Å²) in [7, 11) is 0. The third-order valence-corrected chi connectivity index (χ3v) is 8.56. The molecule has 2 aromatic carbocycles. The van der Waals surface area contributed by atoms with Gasteiger partial charge in [0.1, 0.15) is 10.8 Å². The van der Waals surface area contributed by atoms with Gasteiger partial charge in [-0.05, 0) is 101 Å². The van der Waals surface area contributed by atoms with E-state index in [1.807, 2.05) is 76.2 Å². The minimum Gasteiger partial charge on any atom is -0.494 e. The van der Waals surface area contributed by atoms with Gasteiger partial charge in [0, 0.05) is 15.8 Å². The Bertz CT molecular complexity index is 1560. The second kappa shape index (κ2) is 11.8. The van der Waals surface area contributed by atoms with Gasteiger partial charge in [0.25, 0.3) is 5.91 Å². The van der Waals surface area contributed by atoms with Crippen molar-refractivity contribution in [2.45, 2.75) is 66.4 Å². The first-order chi connectivity index (χ1) is 19.3. The lowest BCUT2D eigenvalue weighted by Gasteiger charge is -2.21. The maximum Gasteiger partial charge on any atom is 0.341 e. The van der Waals surface area contributed by atoms with Gasteiger partial charge < -0.3 is 14.8 Å². The summed E-state index contributed by atoms with van der Waals surface area (Å²) < 4.78 is 11.2. The van der Waals surface area contributed by atoms with Gasteiger partial charge in [-0.25, -0.2) is 9.78 Å². The summed E-state index contributed by atoms with van der Waals surface area (Å²) in [6, 6.07) is 15.5. The van der Waals surface area contributed by atoms with Crippen LogP contribution in [0.2, 0.25) is 0 Å². The molecular formula is C33H36N2O4S. The second-order valence-corrected chi connectivity index (χ2v) is 11.8. The van der Waals surface area contributed by atoms with Crippen LogP contribution in [0.15, 0.2) is 48.5 Å². The maximum absolute atomic E-state index is 14.0. The number of nitrogens with zero attached hydrogens (tertiary/aromatic N) is 1. The number of carbonyl (C=O) groups excluding carboxylic acids is 2. The monoisotopic (exact) mass is 556 g/mol. The van der Waals surface area contributed by atoms with Crippen LogP contribution < -0.4 is 10.1 Å². The van der Waals surface area contributed by atoms with Crippen LogP contribution in [0.5, 0.6) is 5.75 Å². The van der Waals surface area contributed by atoms with E-state index >= 15 is 0 Å². The Labute approximate surface area is 239 Å². The minimum absolute atomic E-state index is 0.248. The van der Waals surface area contributed by atoms with E-state index in [0.717, 1.165) is 59.0 Å². The van der Waals surface area contributed by atoms with Gasteiger partial charge in [-0.15, -0.1) is 11.3 Å². The quantitative estimate of drug-likeness (QED) is 0.223. The fourth-order valence-corrected chi connectivity index (χ4v) is 6.66.